The lowest BCUT2D eigenvalue weighted by Gasteiger charge is -2.24. The summed E-state index contributed by atoms with van der Waals surface area (Å²) in [6.07, 6.45) is 2.26. The van der Waals surface area contributed by atoms with Crippen LogP contribution in [-0.4, -0.2) is 45.8 Å². The summed E-state index contributed by atoms with van der Waals surface area (Å²) in [6, 6.07) is 18.0. The van der Waals surface area contributed by atoms with Gasteiger partial charge in [0.25, 0.3) is 0 Å². The van der Waals surface area contributed by atoms with Crippen LogP contribution in [0.1, 0.15) is 23.2 Å². The second-order valence-electron chi connectivity index (χ2n) is 8.48. The third kappa shape index (κ3) is 5.82. The van der Waals surface area contributed by atoms with Crippen molar-refractivity contribution in [2.75, 3.05) is 20.3 Å². The molecule has 2 heterocycles. The highest BCUT2D eigenvalue weighted by molar-refractivity contribution is 6.31. The van der Waals surface area contributed by atoms with Crippen molar-refractivity contribution in [3.05, 3.63) is 82.6 Å². The molecule has 0 saturated carbocycles. The Morgan fingerprint density at radius 3 is 2.71 bits per heavy atom. The predicted molar refractivity (Wildman–Crippen MR) is 136 cm³/mol. The number of methoxy groups -OCH3 is 1. The van der Waals surface area contributed by atoms with Gasteiger partial charge in [0.1, 0.15) is 0 Å². The van der Waals surface area contributed by atoms with Crippen LogP contribution in [0.3, 0.4) is 0 Å². The van der Waals surface area contributed by atoms with Crippen molar-refractivity contribution >= 4 is 28.4 Å². The molecule has 4 rings (SSSR count). The number of aromatic nitrogens is 3. The van der Waals surface area contributed by atoms with E-state index < -0.39 is 0 Å². The number of aryl methyl sites for hydroxylation is 3. The Hall–Kier alpha value is -3.22. The number of carbonyl (C=O) groups is 1. The highest BCUT2D eigenvalue weighted by atomic mass is 35.5. The highest BCUT2D eigenvalue weighted by Crippen LogP contribution is 2.29. The van der Waals surface area contributed by atoms with Gasteiger partial charge >= 0.3 is 0 Å². The van der Waals surface area contributed by atoms with Crippen LogP contribution < -0.4 is 0 Å². The van der Waals surface area contributed by atoms with Gasteiger partial charge in [-0.15, -0.1) is 0 Å². The molecular weight excluding hydrogens is 448 g/mol. The number of amides is 1. The van der Waals surface area contributed by atoms with Crippen molar-refractivity contribution in [1.29, 1.82) is 0 Å². The van der Waals surface area contributed by atoms with E-state index in [4.69, 9.17) is 21.3 Å². The molecule has 0 unspecified atom stereocenters. The first-order valence-corrected chi connectivity index (χ1v) is 11.7. The minimum atomic E-state index is 0.0524. The van der Waals surface area contributed by atoms with E-state index in [1.165, 1.54) is 0 Å². The van der Waals surface area contributed by atoms with Crippen LogP contribution >= 0.6 is 11.6 Å². The zero-order chi connectivity index (χ0) is 24.1. The van der Waals surface area contributed by atoms with Crippen molar-refractivity contribution in [2.24, 2.45) is 0 Å². The quantitative estimate of drug-likeness (QED) is 0.323. The summed E-state index contributed by atoms with van der Waals surface area (Å²) < 4.78 is 7.11. The van der Waals surface area contributed by atoms with Crippen LogP contribution in [0, 0.1) is 13.8 Å². The number of pyridine rings is 1. The lowest BCUT2D eigenvalue weighted by molar-refractivity contribution is -0.132. The largest absolute Gasteiger partial charge is 0.383 e. The van der Waals surface area contributed by atoms with Gasteiger partial charge in [-0.3, -0.25) is 9.48 Å². The van der Waals surface area contributed by atoms with Crippen LogP contribution in [0.25, 0.3) is 22.2 Å². The fraction of sp³-hybridized carbons (Fsp3) is 0.296. The molecule has 6 nitrogen and oxygen atoms in total. The van der Waals surface area contributed by atoms with Gasteiger partial charge < -0.3 is 9.64 Å². The predicted octanol–water partition coefficient (Wildman–Crippen LogP) is 5.43. The summed E-state index contributed by atoms with van der Waals surface area (Å²) in [5.41, 5.74) is 5.78. The number of hydrogen-bond donors (Lipinski definition) is 0. The fourth-order valence-corrected chi connectivity index (χ4v) is 4.17. The molecule has 7 heteroatoms. The van der Waals surface area contributed by atoms with E-state index in [0.717, 1.165) is 39.0 Å². The van der Waals surface area contributed by atoms with Gasteiger partial charge in [-0.25, -0.2) is 4.98 Å². The van der Waals surface area contributed by atoms with Crippen molar-refractivity contribution in [3.63, 3.8) is 0 Å². The lowest BCUT2D eigenvalue weighted by Crippen LogP contribution is -2.34. The molecule has 0 aliphatic carbocycles. The van der Waals surface area contributed by atoms with Crippen molar-refractivity contribution in [1.82, 2.24) is 19.7 Å². The summed E-state index contributed by atoms with van der Waals surface area (Å²) in [7, 11) is 1.65. The molecule has 2 aromatic heterocycles. The Morgan fingerprint density at radius 2 is 1.97 bits per heavy atom. The smallest absolute Gasteiger partial charge is 0.224 e. The molecule has 1 amide bonds. The minimum Gasteiger partial charge on any atom is -0.383 e. The van der Waals surface area contributed by atoms with Gasteiger partial charge in [0.2, 0.25) is 5.91 Å². The van der Waals surface area contributed by atoms with E-state index in [1.807, 2.05) is 48.4 Å². The van der Waals surface area contributed by atoms with Crippen LogP contribution in [-0.2, 0) is 22.6 Å². The molecule has 2 aromatic carbocycles. The van der Waals surface area contributed by atoms with Gasteiger partial charge in [-0.1, -0.05) is 41.4 Å². The number of carbonyl (C=O) groups excluding carboxylic acids is 1. The Morgan fingerprint density at radius 1 is 1.12 bits per heavy atom. The highest BCUT2D eigenvalue weighted by Gasteiger charge is 2.18. The zero-order valence-corrected chi connectivity index (χ0v) is 20.5. The third-order valence-electron chi connectivity index (χ3n) is 5.76. The topological polar surface area (TPSA) is 60.2 Å². The molecule has 0 spiro atoms. The summed E-state index contributed by atoms with van der Waals surface area (Å²) in [4.78, 5) is 20.0. The molecule has 34 heavy (non-hydrogen) atoms. The summed E-state index contributed by atoms with van der Waals surface area (Å²) >= 11 is 6.24. The lowest BCUT2D eigenvalue weighted by atomic mass is 10.0. The maximum Gasteiger partial charge on any atom is 0.224 e. The number of nitrogens with zero attached hydrogens (tertiary/aromatic N) is 4. The zero-order valence-electron chi connectivity index (χ0n) is 19.8. The second kappa shape index (κ2) is 10.8. The Labute approximate surface area is 205 Å². The van der Waals surface area contributed by atoms with E-state index in [0.29, 0.717) is 37.7 Å². The van der Waals surface area contributed by atoms with E-state index in [-0.39, 0.29) is 5.91 Å². The minimum absolute atomic E-state index is 0.0524. The molecule has 0 radical (unpaired) electrons. The SMILES string of the molecule is COCCN(Cc1cc2ccc(Cl)cc2nc1-c1cccc(C)c1)C(=O)CCn1ccc(C)n1. The normalized spacial score (nSPS) is 11.2. The molecular formula is C27H29ClN4O2. The van der Waals surface area contributed by atoms with E-state index in [1.54, 1.807) is 11.8 Å². The third-order valence-corrected chi connectivity index (χ3v) is 5.99. The molecule has 4 aromatic rings. The van der Waals surface area contributed by atoms with E-state index in [2.05, 4.69) is 36.3 Å². The van der Waals surface area contributed by atoms with Gasteiger partial charge in [0, 0.05) is 55.3 Å². The van der Waals surface area contributed by atoms with Gasteiger partial charge in [0.05, 0.1) is 23.5 Å². The first kappa shape index (κ1) is 23.9. The Balaban J connectivity index is 1.67. The summed E-state index contributed by atoms with van der Waals surface area (Å²) in [6.45, 7) is 5.94. The molecule has 0 atom stereocenters. The maximum absolute atomic E-state index is 13.2. The average molecular weight is 477 g/mol. The Kier molecular flexibility index (Phi) is 7.60. The second-order valence-corrected chi connectivity index (χ2v) is 8.92. The molecule has 0 fully saturated rings. The van der Waals surface area contributed by atoms with Crippen molar-refractivity contribution in [3.8, 4) is 11.3 Å². The first-order valence-electron chi connectivity index (χ1n) is 11.4. The van der Waals surface area contributed by atoms with Crippen LogP contribution in [0.5, 0.6) is 0 Å². The van der Waals surface area contributed by atoms with Gasteiger partial charge in [-0.05, 0) is 49.7 Å². The van der Waals surface area contributed by atoms with Crippen molar-refractivity contribution in [2.45, 2.75) is 33.4 Å². The van der Waals surface area contributed by atoms with Crippen LogP contribution in [0.2, 0.25) is 5.02 Å². The number of ether oxygens (including phenoxy) is 1. The van der Waals surface area contributed by atoms with E-state index in [9.17, 15) is 4.79 Å². The number of fused-ring (bicyclic) bond motifs is 1. The molecule has 0 bridgehead atoms. The summed E-state index contributed by atoms with van der Waals surface area (Å²) in [5, 5.41) is 6.03. The standard InChI is InChI=1S/C27H29ClN4O2/c1-19-5-4-6-22(15-19)27-23(16-21-7-8-24(28)17-25(21)29-27)18-31(13-14-34-3)26(33)10-12-32-11-9-20(2)30-32/h4-9,11,15-17H,10,12-14,18H2,1-3H3. The molecule has 176 valence electrons. The molecule has 0 saturated heterocycles. The van der Waals surface area contributed by atoms with Gasteiger partial charge in [-0.2, -0.15) is 5.10 Å². The number of halogens is 1. The molecule has 0 N–H and O–H groups in total. The maximum atomic E-state index is 13.2. The average Bonchev–Trinajstić information content (AvgIpc) is 3.24. The first-order chi connectivity index (χ1) is 16.4. The molecule has 0 aliphatic rings. The van der Waals surface area contributed by atoms with Gasteiger partial charge in [0.15, 0.2) is 0 Å². The van der Waals surface area contributed by atoms with E-state index >= 15 is 0 Å². The fourth-order valence-electron chi connectivity index (χ4n) is 4.00. The number of hydrogen-bond acceptors (Lipinski definition) is 4. The van der Waals surface area contributed by atoms with Crippen molar-refractivity contribution < 1.29 is 9.53 Å². The van der Waals surface area contributed by atoms with Crippen LogP contribution in [0.4, 0.5) is 0 Å². The number of benzene rings is 2. The monoisotopic (exact) mass is 476 g/mol. The summed E-state index contributed by atoms with van der Waals surface area (Å²) in [5.74, 6) is 0.0524. The number of rotatable bonds is 9. The molecule has 0 aliphatic heterocycles. The van der Waals surface area contributed by atoms with Crippen LogP contribution in [0.15, 0.2) is 60.8 Å². The Bertz CT molecular complexity index is 1300.